The average molecular weight is 199 g/mol. The molecule has 0 amide bonds. The number of rotatable bonds is 2. The van der Waals surface area contributed by atoms with E-state index < -0.39 is 11.9 Å². The van der Waals surface area contributed by atoms with E-state index in [9.17, 15) is 8.78 Å². The summed E-state index contributed by atoms with van der Waals surface area (Å²) in [6.07, 6.45) is 0. The zero-order valence-corrected chi connectivity index (χ0v) is 8.64. The lowest BCUT2D eigenvalue weighted by Gasteiger charge is -2.12. The van der Waals surface area contributed by atoms with Gasteiger partial charge in [-0.3, -0.25) is 0 Å². The van der Waals surface area contributed by atoms with Crippen LogP contribution in [0, 0.1) is 11.6 Å². The Kier molecular flexibility index (Phi) is 3.21. The molecule has 1 atom stereocenters. The molecule has 0 radical (unpaired) electrons. The largest absolute Gasteiger partial charge is 0.324 e. The predicted molar refractivity (Wildman–Crippen MR) is 53.0 cm³/mol. The van der Waals surface area contributed by atoms with Gasteiger partial charge >= 0.3 is 0 Å². The molecule has 0 aromatic heterocycles. The Morgan fingerprint density at radius 2 is 1.43 bits per heavy atom. The van der Waals surface area contributed by atoms with Crippen LogP contribution in [0.15, 0.2) is 12.1 Å². The summed E-state index contributed by atoms with van der Waals surface area (Å²) in [4.78, 5) is 0. The fourth-order valence-corrected chi connectivity index (χ4v) is 1.37. The average Bonchev–Trinajstić information content (AvgIpc) is 2.07. The second-order valence-corrected chi connectivity index (χ2v) is 3.84. The van der Waals surface area contributed by atoms with Crippen LogP contribution in [0.2, 0.25) is 0 Å². The van der Waals surface area contributed by atoms with Crippen molar-refractivity contribution in [2.75, 3.05) is 0 Å². The zero-order valence-electron chi connectivity index (χ0n) is 8.64. The van der Waals surface area contributed by atoms with Gasteiger partial charge in [0, 0.05) is 11.6 Å². The molecule has 78 valence electrons. The first-order chi connectivity index (χ1) is 6.43. The lowest BCUT2D eigenvalue weighted by Crippen LogP contribution is -2.09. The van der Waals surface area contributed by atoms with E-state index in [1.165, 1.54) is 12.1 Å². The Bertz CT molecular complexity index is 299. The second-order valence-electron chi connectivity index (χ2n) is 3.84. The van der Waals surface area contributed by atoms with Gasteiger partial charge in [-0.05, 0) is 30.5 Å². The van der Waals surface area contributed by atoms with E-state index in [1.807, 2.05) is 13.8 Å². The first kappa shape index (κ1) is 11.1. The number of benzene rings is 1. The van der Waals surface area contributed by atoms with Crippen molar-refractivity contribution in [3.63, 3.8) is 0 Å². The van der Waals surface area contributed by atoms with Crippen LogP contribution in [0.1, 0.15) is 43.9 Å². The van der Waals surface area contributed by atoms with E-state index in [0.717, 1.165) is 0 Å². The molecule has 1 unspecified atom stereocenters. The van der Waals surface area contributed by atoms with Gasteiger partial charge in [-0.1, -0.05) is 13.8 Å². The summed E-state index contributed by atoms with van der Waals surface area (Å²) in [5, 5.41) is 0. The molecule has 3 heteroatoms. The Labute approximate surface area is 82.9 Å². The van der Waals surface area contributed by atoms with Gasteiger partial charge in [0.15, 0.2) is 0 Å². The minimum absolute atomic E-state index is 0.0216. The highest BCUT2D eigenvalue weighted by Gasteiger charge is 2.14. The van der Waals surface area contributed by atoms with Crippen LogP contribution in [0.25, 0.3) is 0 Å². The van der Waals surface area contributed by atoms with Gasteiger partial charge in [-0.2, -0.15) is 0 Å². The van der Waals surface area contributed by atoms with Crippen LogP contribution in [0.4, 0.5) is 8.78 Å². The molecule has 0 heterocycles. The summed E-state index contributed by atoms with van der Waals surface area (Å²) in [5.74, 6) is -0.828. The van der Waals surface area contributed by atoms with Crippen LogP contribution in [-0.2, 0) is 0 Å². The number of hydrogen-bond donors (Lipinski definition) is 1. The molecule has 0 aliphatic carbocycles. The van der Waals surface area contributed by atoms with Crippen LogP contribution in [0.5, 0.6) is 0 Å². The summed E-state index contributed by atoms with van der Waals surface area (Å²) < 4.78 is 26.8. The van der Waals surface area contributed by atoms with Crippen molar-refractivity contribution in [3.8, 4) is 0 Å². The summed E-state index contributed by atoms with van der Waals surface area (Å²) in [7, 11) is 0. The summed E-state index contributed by atoms with van der Waals surface area (Å²) in [6.45, 7) is 5.28. The summed E-state index contributed by atoms with van der Waals surface area (Å²) in [5.41, 5.74) is 6.13. The maximum atomic E-state index is 13.4. The molecule has 0 spiro atoms. The molecule has 0 aliphatic rings. The van der Waals surface area contributed by atoms with Crippen LogP contribution < -0.4 is 5.73 Å². The van der Waals surface area contributed by atoms with E-state index in [-0.39, 0.29) is 17.3 Å². The van der Waals surface area contributed by atoms with Gasteiger partial charge in [-0.25, -0.2) is 8.78 Å². The Morgan fingerprint density at radius 1 is 1.00 bits per heavy atom. The minimum Gasteiger partial charge on any atom is -0.324 e. The maximum absolute atomic E-state index is 13.4. The SMILES string of the molecule is CC(C)c1cc(F)c(C(C)N)cc1F. The Balaban J connectivity index is 3.24. The molecule has 0 saturated heterocycles. The Hall–Kier alpha value is -0.960. The van der Waals surface area contributed by atoms with Crippen LogP contribution >= 0.6 is 0 Å². The molecule has 1 rings (SSSR count). The first-order valence-corrected chi connectivity index (χ1v) is 4.68. The van der Waals surface area contributed by atoms with Gasteiger partial charge in [-0.15, -0.1) is 0 Å². The van der Waals surface area contributed by atoms with Gasteiger partial charge in [0.1, 0.15) is 11.6 Å². The van der Waals surface area contributed by atoms with Gasteiger partial charge in [0.2, 0.25) is 0 Å². The van der Waals surface area contributed by atoms with Crippen LogP contribution in [0.3, 0.4) is 0 Å². The number of nitrogens with two attached hydrogens (primary N) is 1. The lowest BCUT2D eigenvalue weighted by molar-refractivity contribution is 0.554. The quantitative estimate of drug-likeness (QED) is 0.778. The van der Waals surface area contributed by atoms with Crippen molar-refractivity contribution >= 4 is 0 Å². The molecule has 1 aromatic carbocycles. The number of hydrogen-bond acceptors (Lipinski definition) is 1. The first-order valence-electron chi connectivity index (χ1n) is 4.68. The van der Waals surface area contributed by atoms with Crippen molar-refractivity contribution < 1.29 is 8.78 Å². The molecular weight excluding hydrogens is 184 g/mol. The molecule has 0 aliphatic heterocycles. The second kappa shape index (κ2) is 4.05. The molecule has 1 aromatic rings. The highest BCUT2D eigenvalue weighted by Crippen LogP contribution is 2.24. The highest BCUT2D eigenvalue weighted by molar-refractivity contribution is 5.29. The third kappa shape index (κ3) is 2.10. The van der Waals surface area contributed by atoms with E-state index >= 15 is 0 Å². The topological polar surface area (TPSA) is 26.0 Å². The monoisotopic (exact) mass is 199 g/mol. The van der Waals surface area contributed by atoms with Gasteiger partial charge in [0.25, 0.3) is 0 Å². The van der Waals surface area contributed by atoms with Crippen molar-refractivity contribution in [3.05, 3.63) is 34.9 Å². The standard InChI is InChI=1S/C11H15F2N/c1-6(2)8-4-11(13)9(7(3)14)5-10(8)12/h4-7H,14H2,1-3H3. The van der Waals surface area contributed by atoms with Crippen molar-refractivity contribution in [1.29, 1.82) is 0 Å². The highest BCUT2D eigenvalue weighted by atomic mass is 19.1. The molecule has 1 nitrogen and oxygen atoms in total. The predicted octanol–water partition coefficient (Wildman–Crippen LogP) is 3.11. The van der Waals surface area contributed by atoms with Gasteiger partial charge in [0.05, 0.1) is 0 Å². The maximum Gasteiger partial charge on any atom is 0.128 e. The van der Waals surface area contributed by atoms with E-state index in [1.54, 1.807) is 6.92 Å². The lowest BCUT2D eigenvalue weighted by atomic mass is 9.98. The molecule has 14 heavy (non-hydrogen) atoms. The fourth-order valence-electron chi connectivity index (χ4n) is 1.37. The molecular formula is C11H15F2N. The van der Waals surface area contributed by atoms with E-state index in [0.29, 0.717) is 5.56 Å². The zero-order chi connectivity index (χ0) is 10.9. The fraction of sp³-hybridized carbons (Fsp3) is 0.455. The molecule has 0 bridgehead atoms. The molecule has 0 saturated carbocycles. The molecule has 2 N–H and O–H groups in total. The third-order valence-electron chi connectivity index (χ3n) is 2.23. The van der Waals surface area contributed by atoms with Gasteiger partial charge < -0.3 is 5.73 Å². The normalized spacial score (nSPS) is 13.4. The smallest absolute Gasteiger partial charge is 0.128 e. The third-order valence-corrected chi connectivity index (χ3v) is 2.23. The van der Waals surface area contributed by atoms with Crippen molar-refractivity contribution in [2.45, 2.75) is 32.7 Å². The minimum atomic E-state index is -0.481. The van der Waals surface area contributed by atoms with Crippen molar-refractivity contribution in [2.24, 2.45) is 5.73 Å². The number of halogens is 2. The van der Waals surface area contributed by atoms with Crippen molar-refractivity contribution in [1.82, 2.24) is 0 Å². The Morgan fingerprint density at radius 3 is 1.86 bits per heavy atom. The van der Waals surface area contributed by atoms with E-state index in [4.69, 9.17) is 5.73 Å². The summed E-state index contributed by atoms with van der Waals surface area (Å²) in [6, 6.07) is 1.94. The van der Waals surface area contributed by atoms with E-state index in [2.05, 4.69) is 0 Å². The summed E-state index contributed by atoms with van der Waals surface area (Å²) >= 11 is 0. The molecule has 0 fully saturated rings. The van der Waals surface area contributed by atoms with Crippen LogP contribution in [-0.4, -0.2) is 0 Å².